The van der Waals surface area contributed by atoms with Gasteiger partial charge in [-0.25, -0.2) is 9.78 Å². The monoisotopic (exact) mass is 360 g/mol. The number of likely N-dealkylation sites (tertiary alicyclic amines) is 2. The Labute approximate surface area is 157 Å². The Kier molecular flexibility index (Phi) is 3.75. The lowest BCUT2D eigenvalue weighted by atomic mass is 10.1. The van der Waals surface area contributed by atoms with Crippen molar-refractivity contribution in [1.82, 2.24) is 24.8 Å². The van der Waals surface area contributed by atoms with Crippen LogP contribution in [0.3, 0.4) is 0 Å². The van der Waals surface area contributed by atoms with Crippen molar-refractivity contribution < 1.29 is 4.79 Å². The number of rotatable bonds is 2. The number of aromatic nitrogens is 3. The number of carbonyl (C=O) groups excluding carboxylic acids is 1. The lowest BCUT2D eigenvalue weighted by molar-refractivity contribution is 0.161. The Morgan fingerprint density at radius 3 is 2.74 bits per heavy atom. The fraction of sp³-hybridized carbons (Fsp3) is 0.300. The number of nitrogens with one attached hydrogen (secondary N) is 1. The number of carbonyl (C=O) groups is 1. The number of hydrogen-bond acceptors (Lipinski definition) is 5. The van der Waals surface area contributed by atoms with Crippen molar-refractivity contribution in [3.8, 4) is 11.3 Å². The van der Waals surface area contributed by atoms with Crippen LogP contribution in [0.15, 0.2) is 49.1 Å². The SMILES string of the molecule is CN1C[C@H]2C[C@@H]1CN2C(=O)Nc1cc2cc(-c3cnccn3)ccc2cn1. The van der Waals surface area contributed by atoms with Crippen LogP contribution in [0.25, 0.3) is 22.0 Å². The molecule has 2 aromatic heterocycles. The van der Waals surface area contributed by atoms with E-state index in [-0.39, 0.29) is 6.03 Å². The number of pyridine rings is 1. The number of piperazine rings is 1. The van der Waals surface area contributed by atoms with Gasteiger partial charge in [-0.05, 0) is 31.0 Å². The summed E-state index contributed by atoms with van der Waals surface area (Å²) < 4.78 is 0. The van der Waals surface area contributed by atoms with Crippen molar-refractivity contribution in [2.75, 3.05) is 25.5 Å². The van der Waals surface area contributed by atoms with Crippen molar-refractivity contribution in [3.05, 3.63) is 49.1 Å². The van der Waals surface area contributed by atoms with Gasteiger partial charge in [-0.15, -0.1) is 0 Å². The molecule has 4 heterocycles. The van der Waals surface area contributed by atoms with Gasteiger partial charge in [0.1, 0.15) is 5.82 Å². The summed E-state index contributed by atoms with van der Waals surface area (Å²) in [6, 6.07) is 8.70. The fourth-order valence-corrected chi connectivity index (χ4v) is 4.11. The molecule has 2 aliphatic heterocycles. The second kappa shape index (κ2) is 6.28. The van der Waals surface area contributed by atoms with Gasteiger partial charge in [-0.1, -0.05) is 12.1 Å². The highest BCUT2D eigenvalue weighted by Crippen LogP contribution is 2.30. The van der Waals surface area contributed by atoms with Gasteiger partial charge in [0, 0.05) is 54.7 Å². The van der Waals surface area contributed by atoms with E-state index in [2.05, 4.69) is 32.2 Å². The van der Waals surface area contributed by atoms with Gasteiger partial charge in [0.25, 0.3) is 0 Å². The van der Waals surface area contributed by atoms with Crippen molar-refractivity contribution in [2.45, 2.75) is 18.5 Å². The van der Waals surface area contributed by atoms with Gasteiger partial charge in [-0.2, -0.15) is 0 Å². The number of urea groups is 1. The first-order chi connectivity index (χ1) is 13.2. The molecule has 2 atom stereocenters. The average molecular weight is 360 g/mol. The topological polar surface area (TPSA) is 74.2 Å². The molecule has 1 N–H and O–H groups in total. The smallest absolute Gasteiger partial charge is 0.319 e. The van der Waals surface area contributed by atoms with E-state index in [9.17, 15) is 4.79 Å². The normalized spacial score (nSPS) is 21.7. The maximum absolute atomic E-state index is 12.7. The van der Waals surface area contributed by atoms with E-state index in [1.807, 2.05) is 29.2 Å². The highest BCUT2D eigenvalue weighted by atomic mass is 16.2. The number of fused-ring (bicyclic) bond motifs is 3. The van der Waals surface area contributed by atoms with Crippen LogP contribution < -0.4 is 5.32 Å². The molecule has 0 aliphatic carbocycles. The second-order valence-corrected chi connectivity index (χ2v) is 7.29. The van der Waals surface area contributed by atoms with Gasteiger partial charge in [0.15, 0.2) is 0 Å². The predicted octanol–water partition coefficient (Wildman–Crippen LogP) is 2.61. The summed E-state index contributed by atoms with van der Waals surface area (Å²) in [6.45, 7) is 1.74. The molecule has 0 saturated carbocycles. The summed E-state index contributed by atoms with van der Waals surface area (Å²) >= 11 is 0. The second-order valence-electron chi connectivity index (χ2n) is 7.29. The summed E-state index contributed by atoms with van der Waals surface area (Å²) in [4.78, 5) is 29.8. The summed E-state index contributed by atoms with van der Waals surface area (Å²) in [5.41, 5.74) is 1.80. The molecule has 2 fully saturated rings. The zero-order valence-electron chi connectivity index (χ0n) is 15.0. The van der Waals surface area contributed by atoms with Crippen LogP contribution in [0.4, 0.5) is 10.6 Å². The summed E-state index contributed by atoms with van der Waals surface area (Å²) in [5.74, 6) is 0.569. The molecule has 27 heavy (non-hydrogen) atoms. The van der Waals surface area contributed by atoms with Gasteiger partial charge < -0.3 is 4.90 Å². The molecule has 5 rings (SSSR count). The highest BCUT2D eigenvalue weighted by molar-refractivity contribution is 5.93. The van der Waals surface area contributed by atoms with E-state index in [0.717, 1.165) is 41.5 Å². The van der Waals surface area contributed by atoms with Gasteiger partial charge in [0.2, 0.25) is 0 Å². The molecule has 2 aliphatic rings. The molecule has 3 aromatic rings. The summed E-state index contributed by atoms with van der Waals surface area (Å²) in [6.07, 6.45) is 7.93. The van der Waals surface area contributed by atoms with E-state index in [1.165, 1.54) is 0 Å². The zero-order valence-corrected chi connectivity index (χ0v) is 15.0. The fourth-order valence-electron chi connectivity index (χ4n) is 4.11. The van der Waals surface area contributed by atoms with Crippen LogP contribution >= 0.6 is 0 Å². The molecular formula is C20H20N6O. The zero-order chi connectivity index (χ0) is 18.4. The number of benzene rings is 1. The maximum Gasteiger partial charge on any atom is 0.323 e. The van der Waals surface area contributed by atoms with Crippen molar-refractivity contribution >= 4 is 22.6 Å². The van der Waals surface area contributed by atoms with Crippen molar-refractivity contribution in [2.24, 2.45) is 0 Å². The van der Waals surface area contributed by atoms with Gasteiger partial charge in [0.05, 0.1) is 11.9 Å². The molecule has 7 heteroatoms. The number of likely N-dealkylation sites (N-methyl/N-ethyl adjacent to an activating group) is 1. The molecule has 2 amide bonds. The van der Waals surface area contributed by atoms with Crippen LogP contribution in [0.2, 0.25) is 0 Å². The molecule has 2 bridgehead atoms. The molecule has 0 spiro atoms. The molecule has 0 unspecified atom stereocenters. The summed E-state index contributed by atoms with van der Waals surface area (Å²) in [5, 5.41) is 4.99. The highest BCUT2D eigenvalue weighted by Gasteiger charge is 2.43. The van der Waals surface area contributed by atoms with E-state index >= 15 is 0 Å². The molecular weight excluding hydrogens is 340 g/mol. The number of hydrogen-bond donors (Lipinski definition) is 1. The van der Waals surface area contributed by atoms with Crippen LogP contribution in [0.1, 0.15) is 6.42 Å². The Balaban J connectivity index is 1.38. The molecule has 136 valence electrons. The first-order valence-corrected chi connectivity index (χ1v) is 9.11. The number of anilines is 1. The minimum atomic E-state index is -0.0625. The summed E-state index contributed by atoms with van der Waals surface area (Å²) in [7, 11) is 2.12. The molecule has 1 aromatic carbocycles. The van der Waals surface area contributed by atoms with E-state index in [4.69, 9.17) is 0 Å². The Morgan fingerprint density at radius 2 is 2.00 bits per heavy atom. The third-order valence-corrected chi connectivity index (χ3v) is 5.59. The van der Waals surface area contributed by atoms with Gasteiger partial charge in [-0.3, -0.25) is 20.2 Å². The van der Waals surface area contributed by atoms with E-state index in [0.29, 0.717) is 17.9 Å². The lowest BCUT2D eigenvalue weighted by Crippen LogP contribution is -2.48. The predicted molar refractivity (Wildman–Crippen MR) is 103 cm³/mol. The van der Waals surface area contributed by atoms with Crippen LogP contribution in [0, 0.1) is 0 Å². The molecule has 0 radical (unpaired) electrons. The Hall–Kier alpha value is -3.06. The van der Waals surface area contributed by atoms with Crippen molar-refractivity contribution in [1.29, 1.82) is 0 Å². The minimum absolute atomic E-state index is 0.0625. The maximum atomic E-state index is 12.7. The first-order valence-electron chi connectivity index (χ1n) is 9.11. The Bertz CT molecular complexity index is 1010. The van der Waals surface area contributed by atoms with Crippen LogP contribution in [0.5, 0.6) is 0 Å². The van der Waals surface area contributed by atoms with E-state index in [1.54, 1.807) is 24.8 Å². The Morgan fingerprint density at radius 1 is 1.07 bits per heavy atom. The third-order valence-electron chi connectivity index (χ3n) is 5.59. The number of nitrogens with zero attached hydrogens (tertiary/aromatic N) is 5. The molecule has 7 nitrogen and oxygen atoms in total. The van der Waals surface area contributed by atoms with Crippen LogP contribution in [-0.4, -0.2) is 63.0 Å². The molecule has 2 saturated heterocycles. The third kappa shape index (κ3) is 2.90. The quantitative estimate of drug-likeness (QED) is 0.760. The lowest BCUT2D eigenvalue weighted by Gasteiger charge is -2.31. The van der Waals surface area contributed by atoms with Gasteiger partial charge >= 0.3 is 6.03 Å². The van der Waals surface area contributed by atoms with Crippen molar-refractivity contribution in [3.63, 3.8) is 0 Å². The van der Waals surface area contributed by atoms with Crippen LogP contribution in [-0.2, 0) is 0 Å². The number of amides is 2. The minimum Gasteiger partial charge on any atom is -0.319 e. The first kappa shape index (κ1) is 16.1. The largest absolute Gasteiger partial charge is 0.323 e. The standard InChI is InChI=1S/C20H20N6O/c1-25-11-17-8-16(25)12-26(17)20(27)24-19-7-15-6-13(2-3-14(15)9-23-19)18-10-21-4-5-22-18/h2-7,9-10,16-17H,8,11-12H2,1H3,(H,23,24,27)/t16-,17-/m1/s1. The average Bonchev–Trinajstić information content (AvgIpc) is 3.27. The van der Waals surface area contributed by atoms with E-state index < -0.39 is 0 Å².